The molecule has 3 heterocycles. The van der Waals surface area contributed by atoms with E-state index in [0.29, 0.717) is 27.5 Å². The van der Waals surface area contributed by atoms with Crippen molar-refractivity contribution in [3.63, 3.8) is 0 Å². The minimum absolute atomic E-state index is 0.106. The zero-order chi connectivity index (χ0) is 36.7. The number of carbonyl (C=O) groups excluding carboxylic acids is 4. The number of anilines is 1. The van der Waals surface area contributed by atoms with Crippen molar-refractivity contribution in [3.05, 3.63) is 98.9 Å². The Kier molecular flexibility index (Phi) is 8.95. The number of amides is 4. The van der Waals surface area contributed by atoms with Gasteiger partial charge in [-0.05, 0) is 102 Å². The maximum absolute atomic E-state index is 14.6. The van der Waals surface area contributed by atoms with E-state index in [4.69, 9.17) is 27.9 Å². The summed E-state index contributed by atoms with van der Waals surface area (Å²) >= 11 is 16.9. The summed E-state index contributed by atoms with van der Waals surface area (Å²) in [5, 5.41) is 10.7. The lowest BCUT2D eigenvalue weighted by Crippen LogP contribution is -2.60. The molecule has 0 spiro atoms. The summed E-state index contributed by atoms with van der Waals surface area (Å²) < 4.78 is 19.8. The van der Waals surface area contributed by atoms with Gasteiger partial charge in [0.05, 0.1) is 28.2 Å². The largest absolute Gasteiger partial charge is 0.504 e. The Bertz CT molecular complexity index is 2030. The normalized spacial score (nSPS) is 30.7. The van der Waals surface area contributed by atoms with E-state index in [0.717, 1.165) is 36.7 Å². The fraction of sp³-hybridized carbons (Fsp3) is 0.385. The molecule has 6 unspecified atom stereocenters. The van der Waals surface area contributed by atoms with Crippen LogP contribution in [-0.4, -0.2) is 74.5 Å². The number of carbonyl (C=O) groups is 4. The van der Waals surface area contributed by atoms with Crippen LogP contribution in [0.1, 0.15) is 42.7 Å². The quantitative estimate of drug-likeness (QED) is 0.133. The Morgan fingerprint density at radius 3 is 2.31 bits per heavy atom. The third-order valence-corrected chi connectivity index (χ3v) is 13.9. The third-order valence-electron chi connectivity index (χ3n) is 11.7. The molecule has 270 valence electrons. The zero-order valence-corrected chi connectivity index (χ0v) is 31.8. The van der Waals surface area contributed by atoms with Crippen LogP contribution >= 0.6 is 45.8 Å². The van der Waals surface area contributed by atoms with Gasteiger partial charge < -0.3 is 9.84 Å². The summed E-state index contributed by atoms with van der Waals surface area (Å²) in [5.41, 5.74) is 2.40. The molecule has 13 heteroatoms. The van der Waals surface area contributed by atoms with Gasteiger partial charge >= 0.3 is 0 Å². The van der Waals surface area contributed by atoms with E-state index in [1.54, 1.807) is 12.1 Å². The number of halogens is 4. The number of fused-ring (bicyclic) bond motifs is 4. The van der Waals surface area contributed by atoms with Crippen molar-refractivity contribution in [2.45, 2.75) is 53.9 Å². The molecule has 9 nitrogen and oxygen atoms in total. The molecule has 3 aromatic carbocycles. The summed E-state index contributed by atoms with van der Waals surface area (Å²) in [6.07, 6.45) is 3.26. The molecular weight excluding hydrogens is 823 g/mol. The number of phenolic OH excluding ortho intramolecular Hbond substituents is 1. The van der Waals surface area contributed by atoms with Crippen molar-refractivity contribution in [3.8, 4) is 11.5 Å². The molecule has 3 aliphatic heterocycles. The summed E-state index contributed by atoms with van der Waals surface area (Å²) in [6, 6.07) is 18.1. The number of piperidine rings is 1. The van der Waals surface area contributed by atoms with Gasteiger partial charge in [0.25, 0.3) is 11.8 Å². The van der Waals surface area contributed by atoms with Gasteiger partial charge in [-0.1, -0.05) is 42.0 Å². The first-order valence-corrected chi connectivity index (χ1v) is 19.1. The standard InChI is InChI=1S/C39H35Cl2FIN3O6/c1-52-30-18-22(17-29(43)33(30)47)32-26-11-12-27-31(35(49)45(34(27)48)25-13-15-44(16-14-25)20-21-5-3-2-4-6-21)28(26)19-38(40)36(50)46(37(51)39(32,38)41)24-9-7-23(42)8-10-24/h2-11,17-18,25,27-28,31-32,47H,12-16,19-20H2,1H3. The van der Waals surface area contributed by atoms with E-state index in [9.17, 15) is 28.7 Å². The topological polar surface area (TPSA) is 107 Å². The van der Waals surface area contributed by atoms with E-state index in [1.807, 2.05) is 46.9 Å². The Morgan fingerprint density at radius 1 is 0.942 bits per heavy atom. The van der Waals surface area contributed by atoms with Crippen molar-refractivity contribution in [1.29, 1.82) is 0 Å². The second kappa shape index (κ2) is 13.1. The third kappa shape index (κ3) is 5.24. The second-order valence-electron chi connectivity index (χ2n) is 14.3. The number of ether oxygens (including phenoxy) is 1. The second-order valence-corrected chi connectivity index (χ2v) is 16.7. The SMILES string of the molecule is COc1cc(C2C3=CCC4C(=O)N(C5CCN(Cc6ccccc6)CC5)C(=O)C4C3CC3(Cl)C(=O)N(c4ccc(F)cc4)C(=O)C23Cl)cc(I)c1O. The highest BCUT2D eigenvalue weighted by atomic mass is 127. The molecule has 52 heavy (non-hydrogen) atoms. The summed E-state index contributed by atoms with van der Waals surface area (Å²) in [5.74, 6) is -5.83. The minimum atomic E-state index is -2.09. The number of imide groups is 2. The molecule has 4 fully saturated rings. The molecule has 0 aromatic heterocycles. The number of aromatic hydroxyl groups is 1. The molecule has 4 amide bonds. The predicted molar refractivity (Wildman–Crippen MR) is 201 cm³/mol. The van der Waals surface area contributed by atoms with Crippen LogP contribution in [0.4, 0.5) is 10.1 Å². The van der Waals surface area contributed by atoms with E-state index in [2.05, 4.69) is 17.0 Å². The van der Waals surface area contributed by atoms with E-state index in [-0.39, 0.29) is 47.9 Å². The Labute approximate surface area is 323 Å². The van der Waals surface area contributed by atoms with Gasteiger partial charge in [-0.2, -0.15) is 0 Å². The molecule has 3 aromatic rings. The van der Waals surface area contributed by atoms with Crippen molar-refractivity contribution >= 4 is 75.1 Å². The lowest BCUT2D eigenvalue weighted by Gasteiger charge is -2.50. The monoisotopic (exact) mass is 857 g/mol. The number of hydrogen-bond acceptors (Lipinski definition) is 7. The average molecular weight is 859 g/mol. The number of nitrogens with zero attached hydrogens (tertiary/aromatic N) is 3. The predicted octanol–water partition coefficient (Wildman–Crippen LogP) is 6.37. The number of rotatable bonds is 6. The van der Waals surface area contributed by atoms with Gasteiger partial charge in [-0.3, -0.25) is 29.0 Å². The van der Waals surface area contributed by atoms with Crippen LogP contribution in [0.15, 0.2) is 78.4 Å². The minimum Gasteiger partial charge on any atom is -0.504 e. The highest BCUT2D eigenvalue weighted by Crippen LogP contribution is 2.66. The van der Waals surface area contributed by atoms with Gasteiger partial charge in [0.15, 0.2) is 21.2 Å². The van der Waals surface area contributed by atoms with E-state index < -0.39 is 51.1 Å². The first kappa shape index (κ1) is 35.5. The number of allylic oxidation sites excluding steroid dienone is 2. The maximum atomic E-state index is 14.6. The van der Waals surface area contributed by atoms with Gasteiger partial charge in [0.1, 0.15) is 5.82 Å². The van der Waals surface area contributed by atoms with Gasteiger partial charge in [0, 0.05) is 31.6 Å². The molecule has 1 saturated carbocycles. The highest BCUT2D eigenvalue weighted by molar-refractivity contribution is 14.1. The summed E-state index contributed by atoms with van der Waals surface area (Å²) in [4.78, 5) is 58.5. The van der Waals surface area contributed by atoms with Crippen LogP contribution in [0.2, 0.25) is 0 Å². The van der Waals surface area contributed by atoms with Crippen molar-refractivity contribution in [2.75, 3.05) is 25.1 Å². The fourth-order valence-corrected chi connectivity index (χ4v) is 10.8. The molecule has 8 rings (SSSR count). The Balaban J connectivity index is 1.17. The highest BCUT2D eigenvalue weighted by Gasteiger charge is 2.76. The van der Waals surface area contributed by atoms with Crippen LogP contribution < -0.4 is 9.64 Å². The van der Waals surface area contributed by atoms with Gasteiger partial charge in [-0.15, -0.1) is 23.2 Å². The van der Waals surface area contributed by atoms with Crippen molar-refractivity contribution < 1.29 is 33.4 Å². The fourth-order valence-electron chi connectivity index (χ4n) is 9.25. The average Bonchev–Trinajstić information content (AvgIpc) is 3.48. The molecular formula is C39H35Cl2FIN3O6. The van der Waals surface area contributed by atoms with Gasteiger partial charge in [0.2, 0.25) is 11.8 Å². The lowest BCUT2D eigenvalue weighted by molar-refractivity contribution is -0.144. The lowest BCUT2D eigenvalue weighted by atomic mass is 9.56. The number of benzene rings is 3. The molecule has 2 aliphatic carbocycles. The van der Waals surface area contributed by atoms with Crippen LogP contribution in [0.3, 0.4) is 0 Å². The number of hydrogen-bond donors (Lipinski definition) is 1. The Hall–Kier alpha value is -3.52. The molecule has 0 radical (unpaired) electrons. The van der Waals surface area contributed by atoms with Crippen molar-refractivity contribution in [1.82, 2.24) is 9.80 Å². The van der Waals surface area contributed by atoms with Crippen LogP contribution in [0.5, 0.6) is 11.5 Å². The molecule has 6 atom stereocenters. The number of alkyl halides is 2. The zero-order valence-electron chi connectivity index (χ0n) is 28.1. The van der Waals surface area contributed by atoms with E-state index in [1.165, 1.54) is 29.7 Å². The summed E-state index contributed by atoms with van der Waals surface area (Å²) in [7, 11) is 1.40. The van der Waals surface area contributed by atoms with Crippen LogP contribution in [-0.2, 0) is 25.7 Å². The Morgan fingerprint density at radius 2 is 1.63 bits per heavy atom. The smallest absolute Gasteiger partial charge is 0.258 e. The summed E-state index contributed by atoms with van der Waals surface area (Å²) in [6.45, 7) is 2.26. The van der Waals surface area contributed by atoms with Crippen molar-refractivity contribution in [2.24, 2.45) is 17.8 Å². The first-order chi connectivity index (χ1) is 24.9. The molecule has 0 bridgehead atoms. The maximum Gasteiger partial charge on any atom is 0.258 e. The molecule has 1 N–H and O–H groups in total. The van der Waals surface area contributed by atoms with Crippen LogP contribution in [0, 0.1) is 27.1 Å². The van der Waals surface area contributed by atoms with Gasteiger partial charge in [-0.25, -0.2) is 9.29 Å². The molecule has 5 aliphatic rings. The number of phenols is 1. The van der Waals surface area contributed by atoms with E-state index >= 15 is 0 Å². The first-order valence-electron chi connectivity index (χ1n) is 17.3. The number of likely N-dealkylation sites (tertiary alicyclic amines) is 2. The van der Waals surface area contributed by atoms with Crippen LogP contribution in [0.25, 0.3) is 0 Å². The number of methoxy groups -OCH3 is 1. The molecule has 3 saturated heterocycles.